The molecule has 0 saturated carbocycles. The molecule has 5 heteroatoms. The third-order valence-corrected chi connectivity index (χ3v) is 1.52. The number of aliphatic hydroxyl groups is 1. The number of aliphatic hydroxyl groups excluding tert-OH is 1. The van der Waals surface area contributed by atoms with Crippen LogP contribution in [-0.4, -0.2) is 21.1 Å². The smallest absolute Gasteiger partial charge is 0.287 e. The highest BCUT2D eigenvalue weighted by Gasteiger charge is 2.06. The molecule has 0 fully saturated rings. The minimum atomic E-state index is -0.501. The van der Waals surface area contributed by atoms with E-state index in [0.717, 1.165) is 0 Å². The molecule has 0 aliphatic rings. The van der Waals surface area contributed by atoms with Gasteiger partial charge in [0, 0.05) is 18.2 Å². The van der Waals surface area contributed by atoms with E-state index in [2.05, 4.69) is 4.98 Å². The predicted molar refractivity (Wildman–Crippen MR) is 46.3 cm³/mol. The van der Waals surface area contributed by atoms with Crippen molar-refractivity contribution in [3.05, 3.63) is 34.1 Å². The van der Waals surface area contributed by atoms with Crippen LogP contribution in [0, 0.1) is 10.1 Å². The van der Waals surface area contributed by atoms with Gasteiger partial charge in [0.25, 0.3) is 5.69 Å². The van der Waals surface area contributed by atoms with E-state index in [-0.39, 0.29) is 5.69 Å². The number of rotatable bonds is 3. The molecule has 0 spiro atoms. The van der Waals surface area contributed by atoms with Crippen molar-refractivity contribution in [2.24, 2.45) is 0 Å². The molecule has 1 unspecified atom stereocenters. The Balaban J connectivity index is 2.75. The highest BCUT2D eigenvalue weighted by molar-refractivity contribution is 5.26. The molecule has 1 heterocycles. The van der Waals surface area contributed by atoms with E-state index in [0.29, 0.717) is 12.1 Å². The Bertz CT molecular complexity index is 295. The first-order chi connectivity index (χ1) is 6.09. The molecular weight excluding hydrogens is 172 g/mol. The second-order valence-electron chi connectivity index (χ2n) is 2.82. The van der Waals surface area contributed by atoms with E-state index >= 15 is 0 Å². The Labute approximate surface area is 75.2 Å². The molecule has 1 aromatic rings. The SMILES string of the molecule is CC(O)Cc1ccc([N+](=O)[O-])cn1. The van der Waals surface area contributed by atoms with E-state index in [9.17, 15) is 10.1 Å². The fourth-order valence-corrected chi connectivity index (χ4v) is 0.948. The molecule has 1 N–H and O–H groups in total. The molecule has 70 valence electrons. The molecule has 0 aliphatic carbocycles. The summed E-state index contributed by atoms with van der Waals surface area (Å²) in [6, 6.07) is 2.93. The fraction of sp³-hybridized carbons (Fsp3) is 0.375. The summed E-state index contributed by atoms with van der Waals surface area (Å²) in [6.45, 7) is 1.64. The number of nitro groups is 1. The quantitative estimate of drug-likeness (QED) is 0.556. The van der Waals surface area contributed by atoms with Crippen LogP contribution < -0.4 is 0 Å². The number of pyridine rings is 1. The Hall–Kier alpha value is -1.49. The van der Waals surface area contributed by atoms with Crippen LogP contribution in [0.15, 0.2) is 18.3 Å². The molecule has 0 bridgehead atoms. The van der Waals surface area contributed by atoms with Gasteiger partial charge in [-0.05, 0) is 13.0 Å². The maximum absolute atomic E-state index is 10.3. The highest BCUT2D eigenvalue weighted by Crippen LogP contribution is 2.09. The molecule has 0 radical (unpaired) electrons. The van der Waals surface area contributed by atoms with Gasteiger partial charge in [0.1, 0.15) is 6.20 Å². The van der Waals surface area contributed by atoms with Crippen LogP contribution in [0.1, 0.15) is 12.6 Å². The van der Waals surface area contributed by atoms with E-state index in [4.69, 9.17) is 5.11 Å². The van der Waals surface area contributed by atoms with Crippen LogP contribution in [0.25, 0.3) is 0 Å². The summed E-state index contributed by atoms with van der Waals surface area (Å²) in [5.74, 6) is 0. The average molecular weight is 182 g/mol. The topological polar surface area (TPSA) is 76.3 Å². The van der Waals surface area contributed by atoms with E-state index in [1.807, 2.05) is 0 Å². The number of nitrogens with zero attached hydrogens (tertiary/aromatic N) is 2. The monoisotopic (exact) mass is 182 g/mol. The van der Waals surface area contributed by atoms with Gasteiger partial charge in [0.2, 0.25) is 0 Å². The maximum Gasteiger partial charge on any atom is 0.287 e. The number of hydrogen-bond acceptors (Lipinski definition) is 4. The lowest BCUT2D eigenvalue weighted by atomic mass is 10.2. The lowest BCUT2D eigenvalue weighted by molar-refractivity contribution is -0.385. The van der Waals surface area contributed by atoms with Crippen molar-refractivity contribution in [2.75, 3.05) is 0 Å². The van der Waals surface area contributed by atoms with Crippen molar-refractivity contribution >= 4 is 5.69 Å². The van der Waals surface area contributed by atoms with Crippen molar-refractivity contribution in [1.82, 2.24) is 4.98 Å². The fourth-order valence-electron chi connectivity index (χ4n) is 0.948. The zero-order valence-corrected chi connectivity index (χ0v) is 7.17. The molecular formula is C8H10N2O3. The van der Waals surface area contributed by atoms with Gasteiger partial charge in [0.15, 0.2) is 0 Å². The zero-order chi connectivity index (χ0) is 9.84. The van der Waals surface area contributed by atoms with Crippen LogP contribution in [0.2, 0.25) is 0 Å². The van der Waals surface area contributed by atoms with Crippen molar-refractivity contribution in [1.29, 1.82) is 0 Å². The highest BCUT2D eigenvalue weighted by atomic mass is 16.6. The van der Waals surface area contributed by atoms with Crippen LogP contribution in [0.3, 0.4) is 0 Å². The molecule has 0 amide bonds. The van der Waals surface area contributed by atoms with Crippen molar-refractivity contribution < 1.29 is 10.0 Å². The van der Waals surface area contributed by atoms with E-state index in [1.54, 1.807) is 13.0 Å². The van der Waals surface area contributed by atoms with E-state index < -0.39 is 11.0 Å². The maximum atomic E-state index is 10.3. The van der Waals surface area contributed by atoms with Crippen LogP contribution in [0.5, 0.6) is 0 Å². The molecule has 1 atom stereocenters. The minimum Gasteiger partial charge on any atom is -0.393 e. The number of aromatic nitrogens is 1. The first kappa shape index (κ1) is 9.60. The van der Waals surface area contributed by atoms with Crippen LogP contribution >= 0.6 is 0 Å². The average Bonchev–Trinajstić information content (AvgIpc) is 2.04. The van der Waals surface area contributed by atoms with Gasteiger partial charge in [0.05, 0.1) is 11.0 Å². The first-order valence-corrected chi connectivity index (χ1v) is 3.87. The van der Waals surface area contributed by atoms with Gasteiger partial charge in [-0.2, -0.15) is 0 Å². The van der Waals surface area contributed by atoms with Crippen molar-refractivity contribution in [3.8, 4) is 0 Å². The molecule has 1 aromatic heterocycles. The molecule has 0 aliphatic heterocycles. The normalized spacial score (nSPS) is 12.5. The summed E-state index contributed by atoms with van der Waals surface area (Å²) in [4.78, 5) is 13.6. The predicted octanol–water partition coefficient (Wildman–Crippen LogP) is 0.913. The van der Waals surface area contributed by atoms with Gasteiger partial charge in [-0.3, -0.25) is 15.1 Å². The molecule has 5 nitrogen and oxygen atoms in total. The second kappa shape index (κ2) is 3.95. The van der Waals surface area contributed by atoms with Crippen LogP contribution in [0.4, 0.5) is 5.69 Å². The first-order valence-electron chi connectivity index (χ1n) is 3.87. The zero-order valence-electron chi connectivity index (χ0n) is 7.17. The standard InChI is InChI=1S/C8H10N2O3/c1-6(11)4-7-2-3-8(5-9-7)10(12)13/h2-3,5-6,11H,4H2,1H3. The van der Waals surface area contributed by atoms with Crippen molar-refractivity contribution in [2.45, 2.75) is 19.4 Å². The Morgan fingerprint density at radius 1 is 1.69 bits per heavy atom. The summed E-state index contributed by atoms with van der Waals surface area (Å²) < 4.78 is 0. The third-order valence-electron chi connectivity index (χ3n) is 1.52. The lowest BCUT2D eigenvalue weighted by Gasteiger charge is -2.01. The molecule has 1 rings (SSSR count). The number of hydrogen-bond donors (Lipinski definition) is 1. The largest absolute Gasteiger partial charge is 0.393 e. The summed E-state index contributed by atoms with van der Waals surface area (Å²) in [5, 5.41) is 19.3. The second-order valence-corrected chi connectivity index (χ2v) is 2.82. The van der Waals surface area contributed by atoms with Crippen LogP contribution in [-0.2, 0) is 6.42 Å². The summed E-state index contributed by atoms with van der Waals surface area (Å²) in [7, 11) is 0. The molecule has 0 saturated heterocycles. The van der Waals surface area contributed by atoms with Gasteiger partial charge >= 0.3 is 0 Å². The van der Waals surface area contributed by atoms with Gasteiger partial charge in [-0.25, -0.2) is 0 Å². The Morgan fingerprint density at radius 2 is 2.38 bits per heavy atom. The lowest BCUT2D eigenvalue weighted by Crippen LogP contribution is -2.05. The van der Waals surface area contributed by atoms with Crippen molar-refractivity contribution in [3.63, 3.8) is 0 Å². The molecule has 0 aromatic carbocycles. The Kier molecular flexibility index (Phi) is 2.92. The summed E-state index contributed by atoms with van der Waals surface area (Å²) >= 11 is 0. The van der Waals surface area contributed by atoms with Gasteiger partial charge in [-0.1, -0.05) is 0 Å². The van der Waals surface area contributed by atoms with E-state index in [1.165, 1.54) is 12.3 Å². The Morgan fingerprint density at radius 3 is 2.77 bits per heavy atom. The van der Waals surface area contributed by atoms with Gasteiger partial charge < -0.3 is 5.11 Å². The third kappa shape index (κ3) is 2.79. The summed E-state index contributed by atoms with van der Waals surface area (Å²) in [6.07, 6.45) is 1.13. The summed E-state index contributed by atoms with van der Waals surface area (Å²) in [5.41, 5.74) is 0.620. The van der Waals surface area contributed by atoms with Gasteiger partial charge in [-0.15, -0.1) is 0 Å². The molecule has 13 heavy (non-hydrogen) atoms. The minimum absolute atomic E-state index is 0.0330.